The third-order valence-corrected chi connectivity index (χ3v) is 11.9. The van der Waals surface area contributed by atoms with Crippen molar-refractivity contribution in [1.29, 1.82) is 0 Å². The number of benzene rings is 1. The molecule has 340 valence electrons. The lowest BCUT2D eigenvalue weighted by Crippen LogP contribution is -2.38. The van der Waals surface area contributed by atoms with E-state index in [1.165, 1.54) is 28.7 Å². The van der Waals surface area contributed by atoms with Crippen LogP contribution in [0.25, 0.3) is 41.6 Å². The molecule has 0 bridgehead atoms. The summed E-state index contributed by atoms with van der Waals surface area (Å²) in [5, 5.41) is 3.36. The molecule has 0 saturated heterocycles. The first-order valence-electron chi connectivity index (χ1n) is 20.9. The van der Waals surface area contributed by atoms with E-state index in [9.17, 15) is 9.59 Å². The van der Waals surface area contributed by atoms with E-state index in [1.807, 2.05) is 84.0 Å². The Balaban J connectivity index is 1.02. The van der Waals surface area contributed by atoms with Crippen LogP contribution < -0.4 is 10.1 Å². The van der Waals surface area contributed by atoms with Crippen LogP contribution in [0, 0.1) is 5.82 Å². The molecule has 0 unspecified atom stereocenters. The first kappa shape index (κ1) is 46.7. The molecule has 7 aromatic rings. The predicted molar refractivity (Wildman–Crippen MR) is 252 cm³/mol. The predicted octanol–water partition coefficient (Wildman–Crippen LogP) is 11.5. The molecule has 0 atom stereocenters. The van der Waals surface area contributed by atoms with E-state index in [1.54, 1.807) is 67.0 Å². The average molecular weight is 922 g/mol. The molecule has 6 aromatic heterocycles. The normalized spacial score (nSPS) is 11.8. The van der Waals surface area contributed by atoms with Gasteiger partial charge in [-0.2, -0.15) is 0 Å². The van der Waals surface area contributed by atoms with Gasteiger partial charge in [0.05, 0.1) is 73.6 Å². The first-order chi connectivity index (χ1) is 31.1. The fourth-order valence-corrected chi connectivity index (χ4v) is 8.62. The Morgan fingerprint density at radius 3 is 1.66 bits per heavy atom. The number of hydrogen-bond donors (Lipinski definition) is 1. The van der Waals surface area contributed by atoms with Crippen LogP contribution in [0.5, 0.6) is 11.5 Å². The van der Waals surface area contributed by atoms with Crippen LogP contribution >= 0.6 is 22.7 Å². The van der Waals surface area contributed by atoms with Gasteiger partial charge in [0.1, 0.15) is 17.0 Å². The fourth-order valence-electron chi connectivity index (χ4n) is 6.51. The highest BCUT2D eigenvalue weighted by atomic mass is 32.1. The molecular formula is C48H52FN7O7S2. The van der Waals surface area contributed by atoms with Crippen molar-refractivity contribution in [3.63, 3.8) is 0 Å². The van der Waals surface area contributed by atoms with Gasteiger partial charge in [-0.25, -0.2) is 14.0 Å². The summed E-state index contributed by atoms with van der Waals surface area (Å²) in [5.74, 6) is -0.0262. The number of nitrogens with zero attached hydrogens (tertiary/aromatic N) is 6. The largest absolute Gasteiger partial charge is 0.453 e. The number of nitrogens with one attached hydrogen (secondary N) is 1. The molecule has 1 aromatic carbocycles. The number of pyridine rings is 4. The maximum Gasteiger partial charge on any atom is 0.410 e. The number of methoxy groups -OCH3 is 2. The third kappa shape index (κ3) is 12.3. The Kier molecular flexibility index (Phi) is 14.6. The molecule has 17 heteroatoms. The summed E-state index contributed by atoms with van der Waals surface area (Å²) in [6.45, 7) is 13.1. The zero-order chi connectivity index (χ0) is 46.3. The van der Waals surface area contributed by atoms with Gasteiger partial charge in [0.2, 0.25) is 0 Å². The van der Waals surface area contributed by atoms with Crippen molar-refractivity contribution in [2.75, 3.05) is 45.8 Å². The van der Waals surface area contributed by atoms with Crippen LogP contribution in [0.4, 0.5) is 25.4 Å². The van der Waals surface area contributed by atoms with Gasteiger partial charge in [0, 0.05) is 69.9 Å². The number of aromatic nitrogens is 4. The van der Waals surface area contributed by atoms with Gasteiger partial charge in [0.25, 0.3) is 0 Å². The Morgan fingerprint density at radius 1 is 0.646 bits per heavy atom. The molecule has 0 spiro atoms. The molecule has 0 fully saturated rings. The second-order valence-corrected chi connectivity index (χ2v) is 19.2. The lowest BCUT2D eigenvalue weighted by Gasteiger charge is -2.27. The number of hydrogen-bond acceptors (Lipinski definition) is 14. The molecule has 0 aliphatic heterocycles. The monoisotopic (exact) mass is 921 g/mol. The van der Waals surface area contributed by atoms with Gasteiger partial charge in [-0.1, -0.05) is 12.1 Å². The number of halogens is 1. The highest BCUT2D eigenvalue weighted by Gasteiger charge is 2.24. The zero-order valence-corrected chi connectivity index (χ0v) is 39.3. The number of fused-ring (bicyclic) bond motifs is 2. The topological polar surface area (TPSA) is 150 Å². The number of anilines is 2. The summed E-state index contributed by atoms with van der Waals surface area (Å²) in [4.78, 5) is 49.2. The van der Waals surface area contributed by atoms with Crippen molar-refractivity contribution >= 4 is 66.7 Å². The lowest BCUT2D eigenvalue weighted by atomic mass is 10.2. The van der Waals surface area contributed by atoms with Crippen LogP contribution in [0.3, 0.4) is 0 Å². The Morgan fingerprint density at radius 2 is 1.17 bits per heavy atom. The van der Waals surface area contributed by atoms with Gasteiger partial charge in [-0.15, -0.1) is 22.7 Å². The highest BCUT2D eigenvalue weighted by Crippen LogP contribution is 2.41. The summed E-state index contributed by atoms with van der Waals surface area (Å²) in [7, 11) is 3.18. The van der Waals surface area contributed by atoms with Crippen LogP contribution in [0.15, 0.2) is 91.5 Å². The standard InChI is InChI=1S/C48H52FN7O7S2/c1-47(2,3)62-45(57)55(19-21-59-7)28-30-9-12-34(52-26-30)41-24-37-43(64-41)36(15-17-50-37)54-32-11-14-39(33(49)23-32)61-40-16-18-51-38-25-42(65-44(38)40)35-13-10-31(27-53-35)29-56(20-22-60-8)46(58)63-48(4,5)6/h9-18,23-27H,19-22,28-29H2,1-8H3,(H,50,54). The number of carbonyl (C=O) groups is 2. The zero-order valence-electron chi connectivity index (χ0n) is 37.6. The molecule has 14 nitrogen and oxygen atoms in total. The molecule has 0 radical (unpaired) electrons. The molecule has 7 rings (SSSR count). The molecule has 6 heterocycles. The van der Waals surface area contributed by atoms with E-state index >= 15 is 4.39 Å². The summed E-state index contributed by atoms with van der Waals surface area (Å²) in [6.07, 6.45) is 5.98. The molecule has 0 saturated carbocycles. The van der Waals surface area contributed by atoms with Crippen molar-refractivity contribution < 1.29 is 37.7 Å². The van der Waals surface area contributed by atoms with Crippen LogP contribution in [0.2, 0.25) is 0 Å². The molecular weight excluding hydrogens is 870 g/mol. The Labute approximate surface area is 385 Å². The quantitative estimate of drug-likeness (QED) is 0.0982. The smallest absolute Gasteiger partial charge is 0.410 e. The van der Waals surface area contributed by atoms with E-state index in [2.05, 4.69) is 15.3 Å². The minimum atomic E-state index is -0.627. The van der Waals surface area contributed by atoms with E-state index in [-0.39, 0.29) is 5.75 Å². The summed E-state index contributed by atoms with van der Waals surface area (Å²) in [5.41, 5.74) is 4.66. The molecule has 2 amide bonds. The summed E-state index contributed by atoms with van der Waals surface area (Å²) < 4.78 is 45.2. The van der Waals surface area contributed by atoms with Crippen molar-refractivity contribution in [2.45, 2.75) is 65.8 Å². The fraction of sp³-hybridized carbons (Fsp3) is 0.333. The number of carbonyl (C=O) groups excluding carboxylic acids is 2. The Hall–Kier alpha value is -6.27. The second kappa shape index (κ2) is 20.3. The van der Waals surface area contributed by atoms with Crippen molar-refractivity contribution in [1.82, 2.24) is 29.7 Å². The summed E-state index contributed by atoms with van der Waals surface area (Å²) >= 11 is 2.96. The lowest BCUT2D eigenvalue weighted by molar-refractivity contribution is 0.0175. The Bertz CT molecular complexity index is 2750. The van der Waals surface area contributed by atoms with E-state index < -0.39 is 29.2 Å². The maximum absolute atomic E-state index is 15.8. The summed E-state index contributed by atoms with van der Waals surface area (Å²) in [6, 6.07) is 19.9. The van der Waals surface area contributed by atoms with Crippen LogP contribution in [-0.4, -0.2) is 93.6 Å². The van der Waals surface area contributed by atoms with Gasteiger partial charge in [-0.3, -0.25) is 19.9 Å². The minimum absolute atomic E-state index is 0.0595. The van der Waals surface area contributed by atoms with Crippen molar-refractivity contribution in [2.24, 2.45) is 0 Å². The van der Waals surface area contributed by atoms with Gasteiger partial charge < -0.3 is 38.8 Å². The molecule has 1 N–H and O–H groups in total. The van der Waals surface area contributed by atoms with Crippen molar-refractivity contribution in [3.8, 4) is 32.6 Å². The third-order valence-electron chi connectivity index (χ3n) is 9.55. The van der Waals surface area contributed by atoms with Crippen LogP contribution in [-0.2, 0) is 32.0 Å². The van der Waals surface area contributed by atoms with Gasteiger partial charge in [0.15, 0.2) is 11.6 Å². The minimum Gasteiger partial charge on any atom is -0.453 e. The van der Waals surface area contributed by atoms with E-state index in [0.717, 1.165) is 52.9 Å². The highest BCUT2D eigenvalue weighted by molar-refractivity contribution is 7.23. The van der Waals surface area contributed by atoms with Crippen LogP contribution in [0.1, 0.15) is 52.7 Å². The number of amides is 2. The van der Waals surface area contributed by atoms with Gasteiger partial charge >= 0.3 is 12.2 Å². The SMILES string of the molecule is COCCN(Cc1ccc(-c2cc3nccc(Nc4ccc(Oc5ccnc6cc(-c7ccc(CN(CCOC)C(=O)OC(C)(C)C)cn7)sc56)c(F)c4)c3s2)nc1)C(=O)OC(C)(C)C. The first-order valence-corrected chi connectivity index (χ1v) is 22.5. The second-order valence-electron chi connectivity index (χ2n) is 17.1. The number of rotatable bonds is 16. The van der Waals surface area contributed by atoms with E-state index in [4.69, 9.17) is 33.7 Å². The molecule has 0 aliphatic rings. The molecule has 65 heavy (non-hydrogen) atoms. The molecule has 0 aliphatic carbocycles. The van der Waals surface area contributed by atoms with E-state index in [0.29, 0.717) is 56.3 Å². The number of thiophene rings is 2. The van der Waals surface area contributed by atoms with Crippen molar-refractivity contribution in [3.05, 3.63) is 108 Å². The number of ether oxygens (including phenoxy) is 5. The maximum atomic E-state index is 15.8. The average Bonchev–Trinajstić information content (AvgIpc) is 3.90. The van der Waals surface area contributed by atoms with Gasteiger partial charge in [-0.05, 0) is 95.1 Å².